The molecule has 19 heavy (non-hydrogen) atoms. The molecule has 5 heteroatoms. The fraction of sp³-hybridized carbons (Fsp3) is 0.714. The van der Waals surface area contributed by atoms with Gasteiger partial charge in [0.2, 0.25) is 0 Å². The van der Waals surface area contributed by atoms with Crippen LogP contribution in [0.15, 0.2) is 17.2 Å². The number of alkyl halides is 1. The summed E-state index contributed by atoms with van der Waals surface area (Å²) in [6.07, 6.45) is 8.33. The molecule has 2 atom stereocenters. The van der Waals surface area contributed by atoms with Gasteiger partial charge in [-0.3, -0.25) is 4.79 Å². The number of aromatic nitrogens is 2. The maximum Gasteiger partial charge on any atom is 0.293 e. The topological polar surface area (TPSA) is 46.9 Å². The molecule has 1 aliphatic carbocycles. The fourth-order valence-corrected chi connectivity index (χ4v) is 3.21. The highest BCUT2D eigenvalue weighted by Gasteiger charge is 2.24. The quantitative estimate of drug-likeness (QED) is 0.845. The number of aryl methyl sites for hydroxylation is 1. The van der Waals surface area contributed by atoms with E-state index in [1.807, 2.05) is 6.92 Å². The van der Waals surface area contributed by atoms with Crippen LogP contribution < -0.4 is 10.9 Å². The molecule has 106 valence electrons. The van der Waals surface area contributed by atoms with Gasteiger partial charge in [0, 0.05) is 31.4 Å². The van der Waals surface area contributed by atoms with E-state index in [1.54, 1.807) is 17.0 Å². The molecule has 2 rings (SSSR count). The molecule has 1 saturated carbocycles. The minimum Gasteiger partial charge on any atom is -0.365 e. The van der Waals surface area contributed by atoms with E-state index in [-0.39, 0.29) is 5.56 Å². The van der Waals surface area contributed by atoms with Crippen molar-refractivity contribution >= 4 is 17.4 Å². The average molecular weight is 284 g/mol. The van der Waals surface area contributed by atoms with Crippen molar-refractivity contribution in [2.24, 2.45) is 11.8 Å². The maximum absolute atomic E-state index is 12.0. The molecule has 0 aromatic carbocycles. The van der Waals surface area contributed by atoms with Crippen molar-refractivity contribution in [1.29, 1.82) is 0 Å². The lowest BCUT2D eigenvalue weighted by molar-refractivity contribution is 0.272. The highest BCUT2D eigenvalue weighted by molar-refractivity contribution is 6.18. The summed E-state index contributed by atoms with van der Waals surface area (Å²) in [5, 5.41) is 3.22. The largest absolute Gasteiger partial charge is 0.365 e. The highest BCUT2D eigenvalue weighted by atomic mass is 35.5. The Bertz CT molecular complexity index is 460. The van der Waals surface area contributed by atoms with E-state index in [4.69, 9.17) is 11.6 Å². The normalized spacial score (nSPS) is 23.3. The fourth-order valence-electron chi connectivity index (χ4n) is 2.80. The van der Waals surface area contributed by atoms with E-state index in [9.17, 15) is 4.79 Å². The van der Waals surface area contributed by atoms with Crippen LogP contribution >= 0.6 is 11.6 Å². The molecule has 0 spiro atoms. The molecule has 1 N–H and O–H groups in total. The number of halogens is 1. The van der Waals surface area contributed by atoms with Gasteiger partial charge in [0.15, 0.2) is 5.82 Å². The Morgan fingerprint density at radius 1 is 1.42 bits per heavy atom. The van der Waals surface area contributed by atoms with E-state index in [2.05, 4.69) is 10.3 Å². The first-order valence-electron chi connectivity index (χ1n) is 7.11. The molecule has 4 nitrogen and oxygen atoms in total. The van der Waals surface area contributed by atoms with Crippen LogP contribution in [0.4, 0.5) is 5.82 Å². The number of hydrogen-bond donors (Lipinski definition) is 1. The third-order valence-electron chi connectivity index (χ3n) is 4.05. The number of hydrogen-bond acceptors (Lipinski definition) is 3. The Hall–Kier alpha value is -1.03. The van der Waals surface area contributed by atoms with Crippen molar-refractivity contribution in [3.63, 3.8) is 0 Å². The third-order valence-corrected chi connectivity index (χ3v) is 4.45. The molecular weight excluding hydrogens is 262 g/mol. The second-order valence-electron chi connectivity index (χ2n) is 5.21. The van der Waals surface area contributed by atoms with Crippen LogP contribution in [-0.4, -0.2) is 22.0 Å². The molecule has 0 amide bonds. The summed E-state index contributed by atoms with van der Waals surface area (Å²) >= 11 is 6.03. The molecule has 0 radical (unpaired) electrons. The molecule has 0 saturated heterocycles. The van der Waals surface area contributed by atoms with Crippen molar-refractivity contribution in [2.45, 2.75) is 39.2 Å². The lowest BCUT2D eigenvalue weighted by Crippen LogP contribution is -2.30. The molecule has 1 fully saturated rings. The maximum atomic E-state index is 12.0. The zero-order valence-corrected chi connectivity index (χ0v) is 12.2. The van der Waals surface area contributed by atoms with Crippen LogP contribution in [0, 0.1) is 11.8 Å². The van der Waals surface area contributed by atoms with Gasteiger partial charge in [-0.25, -0.2) is 4.98 Å². The van der Waals surface area contributed by atoms with Crippen LogP contribution in [0.1, 0.15) is 32.6 Å². The zero-order chi connectivity index (χ0) is 13.7. The van der Waals surface area contributed by atoms with Gasteiger partial charge in [0.05, 0.1) is 0 Å². The second kappa shape index (κ2) is 6.94. The van der Waals surface area contributed by atoms with Crippen LogP contribution in [0.2, 0.25) is 0 Å². The minimum absolute atomic E-state index is 0.0387. The van der Waals surface area contributed by atoms with Gasteiger partial charge < -0.3 is 9.88 Å². The summed E-state index contributed by atoms with van der Waals surface area (Å²) < 4.78 is 1.66. The molecule has 0 aliphatic heterocycles. The van der Waals surface area contributed by atoms with Gasteiger partial charge in [-0.1, -0.05) is 12.8 Å². The molecule has 1 aromatic rings. The van der Waals surface area contributed by atoms with Gasteiger partial charge >= 0.3 is 0 Å². The van der Waals surface area contributed by atoms with E-state index >= 15 is 0 Å². The monoisotopic (exact) mass is 283 g/mol. The summed E-state index contributed by atoms with van der Waals surface area (Å²) in [6.45, 7) is 3.42. The van der Waals surface area contributed by atoms with Crippen molar-refractivity contribution in [2.75, 3.05) is 17.7 Å². The van der Waals surface area contributed by atoms with Gasteiger partial charge in [0.1, 0.15) is 0 Å². The first-order valence-corrected chi connectivity index (χ1v) is 7.65. The van der Waals surface area contributed by atoms with Crippen molar-refractivity contribution in [3.8, 4) is 0 Å². The Kier molecular flexibility index (Phi) is 5.25. The van der Waals surface area contributed by atoms with Crippen LogP contribution in [0.3, 0.4) is 0 Å². The van der Waals surface area contributed by atoms with E-state index < -0.39 is 0 Å². The molecule has 2 unspecified atom stereocenters. The van der Waals surface area contributed by atoms with Crippen molar-refractivity contribution < 1.29 is 0 Å². The van der Waals surface area contributed by atoms with Gasteiger partial charge in [0.25, 0.3) is 5.56 Å². The summed E-state index contributed by atoms with van der Waals surface area (Å²) in [6, 6.07) is 0. The van der Waals surface area contributed by atoms with Crippen molar-refractivity contribution in [3.05, 3.63) is 22.7 Å². The zero-order valence-electron chi connectivity index (χ0n) is 11.4. The first-order chi connectivity index (χ1) is 9.26. The number of nitrogens with zero attached hydrogens (tertiary/aromatic N) is 2. The predicted octanol–water partition coefficient (Wildman–Crippen LogP) is 2.72. The van der Waals surface area contributed by atoms with E-state index in [0.717, 1.165) is 6.54 Å². The SMILES string of the molecule is CCn1ccnc(NCC2CCCCC2CCl)c1=O. The third kappa shape index (κ3) is 3.50. The lowest BCUT2D eigenvalue weighted by Gasteiger charge is -2.30. The van der Waals surface area contributed by atoms with Gasteiger partial charge in [-0.2, -0.15) is 0 Å². The Labute approximate surface area is 119 Å². The second-order valence-corrected chi connectivity index (χ2v) is 5.52. The molecule has 1 heterocycles. The Morgan fingerprint density at radius 2 is 2.16 bits per heavy atom. The Balaban J connectivity index is 2.00. The van der Waals surface area contributed by atoms with Crippen LogP contribution in [-0.2, 0) is 6.54 Å². The molecule has 0 bridgehead atoms. The molecular formula is C14H22ClN3O. The smallest absolute Gasteiger partial charge is 0.293 e. The van der Waals surface area contributed by atoms with Crippen molar-refractivity contribution in [1.82, 2.24) is 9.55 Å². The lowest BCUT2D eigenvalue weighted by atomic mass is 9.80. The summed E-state index contributed by atoms with van der Waals surface area (Å²) in [5.74, 6) is 2.30. The summed E-state index contributed by atoms with van der Waals surface area (Å²) in [4.78, 5) is 16.2. The minimum atomic E-state index is -0.0387. The predicted molar refractivity (Wildman–Crippen MR) is 78.8 cm³/mol. The number of rotatable bonds is 5. The number of anilines is 1. The standard InChI is InChI=1S/C14H22ClN3O/c1-2-18-8-7-16-13(14(18)19)17-10-12-6-4-3-5-11(12)9-15/h7-8,11-12H,2-6,9-10H2,1H3,(H,16,17). The Morgan fingerprint density at radius 3 is 2.84 bits per heavy atom. The van der Waals surface area contributed by atoms with Crippen LogP contribution in [0.25, 0.3) is 0 Å². The summed E-state index contributed by atoms with van der Waals surface area (Å²) in [5.41, 5.74) is -0.0387. The van der Waals surface area contributed by atoms with E-state index in [1.165, 1.54) is 25.7 Å². The highest BCUT2D eigenvalue weighted by Crippen LogP contribution is 2.30. The molecule has 1 aromatic heterocycles. The number of nitrogens with one attached hydrogen (secondary N) is 1. The average Bonchev–Trinajstić information content (AvgIpc) is 2.46. The first kappa shape index (κ1) is 14.4. The van der Waals surface area contributed by atoms with E-state index in [0.29, 0.717) is 30.1 Å². The summed E-state index contributed by atoms with van der Waals surface area (Å²) in [7, 11) is 0. The van der Waals surface area contributed by atoms with Crippen LogP contribution in [0.5, 0.6) is 0 Å². The molecule has 1 aliphatic rings. The van der Waals surface area contributed by atoms with Gasteiger partial charge in [-0.15, -0.1) is 11.6 Å². The van der Waals surface area contributed by atoms with Gasteiger partial charge in [-0.05, 0) is 31.6 Å².